The molecule has 0 radical (unpaired) electrons. The third-order valence-corrected chi connectivity index (χ3v) is 3.91. The number of ether oxygens (including phenoxy) is 1. The average Bonchev–Trinajstić information content (AvgIpc) is 2.39. The quantitative estimate of drug-likeness (QED) is 0.607. The van der Waals surface area contributed by atoms with Gasteiger partial charge in [0.1, 0.15) is 11.5 Å². The van der Waals surface area contributed by atoms with Gasteiger partial charge < -0.3 is 4.74 Å². The predicted octanol–water partition coefficient (Wildman–Crippen LogP) is 6.15. The molecule has 3 heteroatoms. The standard InChI is InChI=1S/C16H16BrClO/c1-11(2)12-3-6-14(7-4-12)19-15-8-5-13(10-17)16(18)9-15/h3-9,11H,10H2,1-2H3. The van der Waals surface area contributed by atoms with Crippen molar-refractivity contribution in [3.63, 3.8) is 0 Å². The number of benzene rings is 2. The highest BCUT2D eigenvalue weighted by atomic mass is 79.9. The van der Waals surface area contributed by atoms with Crippen LogP contribution in [0.5, 0.6) is 11.5 Å². The molecule has 2 rings (SSSR count). The van der Waals surface area contributed by atoms with Crippen LogP contribution in [-0.2, 0) is 5.33 Å². The van der Waals surface area contributed by atoms with E-state index in [1.165, 1.54) is 5.56 Å². The molecule has 0 saturated heterocycles. The van der Waals surface area contributed by atoms with Crippen LogP contribution in [0.1, 0.15) is 30.9 Å². The van der Waals surface area contributed by atoms with E-state index in [2.05, 4.69) is 41.9 Å². The number of hydrogen-bond donors (Lipinski definition) is 0. The fourth-order valence-electron chi connectivity index (χ4n) is 1.76. The van der Waals surface area contributed by atoms with Crippen LogP contribution in [-0.4, -0.2) is 0 Å². The second-order valence-corrected chi connectivity index (χ2v) is 5.68. The molecule has 0 unspecified atom stereocenters. The van der Waals surface area contributed by atoms with Crippen molar-refractivity contribution in [3.05, 3.63) is 58.6 Å². The first-order valence-corrected chi connectivity index (χ1v) is 7.72. The van der Waals surface area contributed by atoms with Gasteiger partial charge >= 0.3 is 0 Å². The lowest BCUT2D eigenvalue weighted by Gasteiger charge is -2.09. The number of halogens is 2. The zero-order valence-electron chi connectivity index (χ0n) is 11.0. The Morgan fingerprint density at radius 3 is 2.21 bits per heavy atom. The summed E-state index contributed by atoms with van der Waals surface area (Å²) in [5, 5.41) is 1.46. The molecule has 2 aromatic carbocycles. The van der Waals surface area contributed by atoms with Gasteiger partial charge in [0.2, 0.25) is 0 Å². The molecule has 0 heterocycles. The maximum Gasteiger partial charge on any atom is 0.128 e. The van der Waals surface area contributed by atoms with Crippen LogP contribution in [0.3, 0.4) is 0 Å². The Hall–Kier alpha value is -0.990. The molecule has 0 aromatic heterocycles. The van der Waals surface area contributed by atoms with Crippen LogP contribution in [0.15, 0.2) is 42.5 Å². The second-order valence-electron chi connectivity index (χ2n) is 4.71. The Morgan fingerprint density at radius 2 is 1.68 bits per heavy atom. The molecule has 100 valence electrons. The van der Waals surface area contributed by atoms with Crippen molar-refractivity contribution < 1.29 is 4.74 Å². The fourth-order valence-corrected chi connectivity index (χ4v) is 2.64. The van der Waals surface area contributed by atoms with Gasteiger partial charge in [0.15, 0.2) is 0 Å². The van der Waals surface area contributed by atoms with Gasteiger partial charge in [-0.15, -0.1) is 0 Å². The minimum absolute atomic E-state index is 0.529. The predicted molar refractivity (Wildman–Crippen MR) is 84.7 cm³/mol. The van der Waals surface area contributed by atoms with Crippen molar-refractivity contribution in [3.8, 4) is 11.5 Å². The Morgan fingerprint density at radius 1 is 1.05 bits per heavy atom. The summed E-state index contributed by atoms with van der Waals surface area (Å²) in [5.74, 6) is 2.11. The van der Waals surface area contributed by atoms with E-state index in [4.69, 9.17) is 16.3 Å². The zero-order chi connectivity index (χ0) is 13.8. The van der Waals surface area contributed by atoms with Gasteiger partial charge in [-0.05, 0) is 41.3 Å². The molecule has 0 atom stereocenters. The third-order valence-electron chi connectivity index (χ3n) is 2.95. The molecule has 19 heavy (non-hydrogen) atoms. The molecule has 0 N–H and O–H groups in total. The van der Waals surface area contributed by atoms with Gasteiger partial charge in [-0.2, -0.15) is 0 Å². The normalized spacial score (nSPS) is 10.8. The molecular formula is C16H16BrClO. The highest BCUT2D eigenvalue weighted by molar-refractivity contribution is 9.08. The van der Waals surface area contributed by atoms with Crippen molar-refractivity contribution in [2.45, 2.75) is 25.1 Å². The molecule has 0 fully saturated rings. The van der Waals surface area contributed by atoms with E-state index in [1.54, 1.807) is 0 Å². The first-order valence-electron chi connectivity index (χ1n) is 6.22. The summed E-state index contributed by atoms with van der Waals surface area (Å²) < 4.78 is 5.79. The second kappa shape index (κ2) is 6.44. The van der Waals surface area contributed by atoms with Crippen molar-refractivity contribution in [1.82, 2.24) is 0 Å². The summed E-state index contributed by atoms with van der Waals surface area (Å²) in [4.78, 5) is 0. The van der Waals surface area contributed by atoms with Gasteiger partial charge in [0, 0.05) is 10.4 Å². The molecule has 0 aliphatic rings. The fraction of sp³-hybridized carbons (Fsp3) is 0.250. The molecular weight excluding hydrogens is 324 g/mol. The monoisotopic (exact) mass is 338 g/mol. The molecule has 0 bridgehead atoms. The minimum Gasteiger partial charge on any atom is -0.457 e. The summed E-state index contributed by atoms with van der Waals surface area (Å²) in [5.41, 5.74) is 2.36. The maximum absolute atomic E-state index is 6.15. The van der Waals surface area contributed by atoms with Crippen LogP contribution in [0.2, 0.25) is 5.02 Å². The van der Waals surface area contributed by atoms with E-state index < -0.39 is 0 Å². The summed E-state index contributed by atoms with van der Waals surface area (Å²) in [6.45, 7) is 4.35. The Labute approximate surface area is 127 Å². The summed E-state index contributed by atoms with van der Waals surface area (Å²) in [6, 6.07) is 13.9. The average molecular weight is 340 g/mol. The Bertz CT molecular complexity index is 549. The Kier molecular flexibility index (Phi) is 4.89. The lowest BCUT2D eigenvalue weighted by atomic mass is 10.0. The van der Waals surface area contributed by atoms with E-state index in [9.17, 15) is 0 Å². The molecule has 0 amide bonds. The first kappa shape index (κ1) is 14.4. The van der Waals surface area contributed by atoms with Gasteiger partial charge in [-0.25, -0.2) is 0 Å². The van der Waals surface area contributed by atoms with E-state index >= 15 is 0 Å². The van der Waals surface area contributed by atoms with E-state index in [-0.39, 0.29) is 0 Å². The minimum atomic E-state index is 0.529. The van der Waals surface area contributed by atoms with Gasteiger partial charge in [-0.1, -0.05) is 59.6 Å². The largest absolute Gasteiger partial charge is 0.457 e. The third kappa shape index (κ3) is 3.74. The molecule has 0 aliphatic heterocycles. The molecule has 0 aliphatic carbocycles. The van der Waals surface area contributed by atoms with Crippen molar-refractivity contribution in [2.75, 3.05) is 0 Å². The first-order chi connectivity index (χ1) is 9.10. The smallest absolute Gasteiger partial charge is 0.128 e. The lowest BCUT2D eigenvalue weighted by molar-refractivity contribution is 0.482. The Balaban J connectivity index is 2.14. The SMILES string of the molecule is CC(C)c1ccc(Oc2ccc(CBr)c(Cl)c2)cc1. The zero-order valence-corrected chi connectivity index (χ0v) is 13.3. The van der Waals surface area contributed by atoms with Crippen molar-refractivity contribution in [2.24, 2.45) is 0 Å². The highest BCUT2D eigenvalue weighted by Crippen LogP contribution is 2.28. The van der Waals surface area contributed by atoms with Crippen LogP contribution in [0.25, 0.3) is 0 Å². The summed E-state index contributed by atoms with van der Waals surface area (Å²) >= 11 is 9.55. The van der Waals surface area contributed by atoms with Crippen molar-refractivity contribution in [1.29, 1.82) is 0 Å². The van der Waals surface area contributed by atoms with Crippen LogP contribution < -0.4 is 4.74 Å². The van der Waals surface area contributed by atoms with E-state index in [0.717, 1.165) is 22.4 Å². The number of rotatable bonds is 4. The van der Waals surface area contributed by atoms with Crippen LogP contribution in [0, 0.1) is 0 Å². The summed E-state index contributed by atoms with van der Waals surface area (Å²) in [7, 11) is 0. The molecule has 2 aromatic rings. The van der Waals surface area contributed by atoms with Crippen molar-refractivity contribution >= 4 is 27.5 Å². The van der Waals surface area contributed by atoms with Gasteiger partial charge in [0.05, 0.1) is 0 Å². The molecule has 1 nitrogen and oxygen atoms in total. The van der Waals surface area contributed by atoms with Gasteiger partial charge in [0.25, 0.3) is 0 Å². The van der Waals surface area contributed by atoms with E-state index in [1.807, 2.05) is 30.3 Å². The molecule has 0 saturated carbocycles. The van der Waals surface area contributed by atoms with Crippen LogP contribution >= 0.6 is 27.5 Å². The highest BCUT2D eigenvalue weighted by Gasteiger charge is 2.04. The maximum atomic E-state index is 6.15. The summed E-state index contributed by atoms with van der Waals surface area (Å²) in [6.07, 6.45) is 0. The number of alkyl halides is 1. The lowest BCUT2D eigenvalue weighted by Crippen LogP contribution is -1.89. The number of hydrogen-bond acceptors (Lipinski definition) is 1. The van der Waals surface area contributed by atoms with Crippen LogP contribution in [0.4, 0.5) is 0 Å². The molecule has 0 spiro atoms. The topological polar surface area (TPSA) is 9.23 Å². The van der Waals surface area contributed by atoms with E-state index in [0.29, 0.717) is 10.9 Å². The van der Waals surface area contributed by atoms with Gasteiger partial charge in [-0.3, -0.25) is 0 Å².